The molecule has 2 aliphatic heterocycles. The van der Waals surface area contributed by atoms with E-state index in [0.717, 1.165) is 31.9 Å². The number of aromatic nitrogens is 2. The molecule has 1 saturated carbocycles. The van der Waals surface area contributed by atoms with Gasteiger partial charge >= 0.3 is 0 Å². The van der Waals surface area contributed by atoms with Gasteiger partial charge in [0.2, 0.25) is 0 Å². The van der Waals surface area contributed by atoms with Gasteiger partial charge < -0.3 is 9.80 Å². The molecule has 5 rings (SSSR count). The van der Waals surface area contributed by atoms with Crippen molar-refractivity contribution in [2.45, 2.75) is 25.3 Å². The number of hydrogen-bond acceptors (Lipinski definition) is 5. The average molecular weight is 416 g/mol. The maximum Gasteiger partial charge on any atom is 0.143 e. The molecular formula is C22H27ClFN5. The van der Waals surface area contributed by atoms with E-state index >= 15 is 0 Å². The molecule has 7 heteroatoms. The molecule has 0 amide bonds. The molecule has 2 aromatic rings. The maximum atomic E-state index is 14.0. The zero-order valence-electron chi connectivity index (χ0n) is 16.8. The van der Waals surface area contributed by atoms with Crippen LogP contribution < -0.4 is 4.90 Å². The summed E-state index contributed by atoms with van der Waals surface area (Å²) in [5.74, 6) is -0.329. The van der Waals surface area contributed by atoms with Crippen molar-refractivity contribution in [3.05, 3.63) is 41.4 Å². The molecule has 2 saturated heterocycles. The van der Waals surface area contributed by atoms with Crippen molar-refractivity contribution in [1.29, 1.82) is 0 Å². The van der Waals surface area contributed by atoms with E-state index < -0.39 is 0 Å². The van der Waals surface area contributed by atoms with Gasteiger partial charge in [-0.2, -0.15) is 0 Å². The fourth-order valence-corrected chi connectivity index (χ4v) is 5.83. The average Bonchev–Trinajstić information content (AvgIpc) is 3.14. The Balaban J connectivity index is 1.30. The van der Waals surface area contributed by atoms with E-state index in [1.54, 1.807) is 24.4 Å². The van der Waals surface area contributed by atoms with Gasteiger partial charge in [0.05, 0.1) is 16.9 Å². The molecule has 1 unspecified atom stereocenters. The Morgan fingerprint density at radius 1 is 1.14 bits per heavy atom. The SMILES string of the molecule is CN1CC2(CCC(N3CCN(c4cc(F)cnc4-c4ncccc4Cl)CC3)C2)C1. The van der Waals surface area contributed by atoms with Crippen LogP contribution in [-0.4, -0.2) is 72.1 Å². The fraction of sp³-hybridized carbons (Fsp3) is 0.545. The summed E-state index contributed by atoms with van der Waals surface area (Å²) >= 11 is 6.35. The van der Waals surface area contributed by atoms with Crippen LogP contribution in [0.4, 0.5) is 10.1 Å². The van der Waals surface area contributed by atoms with E-state index in [1.165, 1.54) is 38.5 Å². The number of anilines is 1. The minimum absolute atomic E-state index is 0.329. The molecule has 2 aromatic heterocycles. The third kappa shape index (κ3) is 3.62. The first-order valence-electron chi connectivity index (χ1n) is 10.5. The van der Waals surface area contributed by atoms with Gasteiger partial charge in [0, 0.05) is 57.6 Å². The normalized spacial score (nSPS) is 24.8. The second-order valence-electron chi connectivity index (χ2n) is 8.95. The van der Waals surface area contributed by atoms with Crippen LogP contribution in [0.2, 0.25) is 5.02 Å². The number of halogens is 2. The summed E-state index contributed by atoms with van der Waals surface area (Å²) in [6.07, 6.45) is 6.94. The monoisotopic (exact) mass is 415 g/mol. The number of hydrogen-bond donors (Lipinski definition) is 0. The smallest absolute Gasteiger partial charge is 0.143 e. The van der Waals surface area contributed by atoms with Crippen LogP contribution in [0.1, 0.15) is 19.3 Å². The van der Waals surface area contributed by atoms with Gasteiger partial charge in [-0.25, -0.2) is 9.37 Å². The fourth-order valence-electron chi connectivity index (χ4n) is 5.61. The third-order valence-electron chi connectivity index (χ3n) is 6.88. The largest absolute Gasteiger partial charge is 0.367 e. The molecule has 3 aliphatic rings. The Labute approximate surface area is 176 Å². The molecule has 4 heterocycles. The summed E-state index contributed by atoms with van der Waals surface area (Å²) in [5.41, 5.74) is 2.63. The molecule has 0 bridgehead atoms. The van der Waals surface area contributed by atoms with Crippen LogP contribution in [0, 0.1) is 11.2 Å². The number of nitrogens with zero attached hydrogens (tertiary/aromatic N) is 5. The van der Waals surface area contributed by atoms with E-state index in [1.807, 2.05) is 0 Å². The van der Waals surface area contributed by atoms with Crippen molar-refractivity contribution in [3.63, 3.8) is 0 Å². The first-order chi connectivity index (χ1) is 14.0. The highest BCUT2D eigenvalue weighted by atomic mass is 35.5. The van der Waals surface area contributed by atoms with E-state index in [-0.39, 0.29) is 5.82 Å². The molecule has 1 aliphatic carbocycles. The Morgan fingerprint density at radius 2 is 1.93 bits per heavy atom. The highest BCUT2D eigenvalue weighted by Gasteiger charge is 2.48. The summed E-state index contributed by atoms with van der Waals surface area (Å²) in [7, 11) is 2.22. The van der Waals surface area contributed by atoms with Crippen LogP contribution in [0.25, 0.3) is 11.4 Å². The van der Waals surface area contributed by atoms with Crippen LogP contribution in [-0.2, 0) is 0 Å². The summed E-state index contributed by atoms with van der Waals surface area (Å²) in [6.45, 7) is 6.25. The van der Waals surface area contributed by atoms with Gasteiger partial charge in [-0.05, 0) is 43.9 Å². The molecule has 5 nitrogen and oxygen atoms in total. The van der Waals surface area contributed by atoms with E-state index in [0.29, 0.717) is 27.9 Å². The van der Waals surface area contributed by atoms with Gasteiger partial charge in [0.15, 0.2) is 0 Å². The highest BCUT2D eigenvalue weighted by molar-refractivity contribution is 6.33. The van der Waals surface area contributed by atoms with Gasteiger partial charge in [-0.1, -0.05) is 11.6 Å². The Hall–Kier alpha value is -1.76. The van der Waals surface area contributed by atoms with Crippen LogP contribution in [0.5, 0.6) is 0 Å². The summed E-state index contributed by atoms with van der Waals surface area (Å²) < 4.78 is 14.0. The molecule has 1 spiro atoms. The zero-order chi connectivity index (χ0) is 20.0. The maximum absolute atomic E-state index is 14.0. The van der Waals surface area contributed by atoms with E-state index in [4.69, 9.17) is 11.6 Å². The van der Waals surface area contributed by atoms with Crippen molar-refractivity contribution >= 4 is 17.3 Å². The lowest BCUT2D eigenvalue weighted by molar-refractivity contribution is 0.0204. The van der Waals surface area contributed by atoms with E-state index in [9.17, 15) is 4.39 Å². The number of rotatable bonds is 3. The lowest BCUT2D eigenvalue weighted by Gasteiger charge is -2.47. The van der Waals surface area contributed by atoms with Crippen molar-refractivity contribution in [3.8, 4) is 11.4 Å². The number of piperazine rings is 1. The van der Waals surface area contributed by atoms with Crippen LogP contribution >= 0.6 is 11.6 Å². The molecule has 3 fully saturated rings. The molecule has 154 valence electrons. The van der Waals surface area contributed by atoms with Crippen LogP contribution in [0.3, 0.4) is 0 Å². The minimum Gasteiger partial charge on any atom is -0.367 e. The Bertz CT molecular complexity index is 893. The first-order valence-corrected chi connectivity index (χ1v) is 10.8. The quantitative estimate of drug-likeness (QED) is 0.766. The second kappa shape index (κ2) is 7.49. The van der Waals surface area contributed by atoms with Crippen LogP contribution in [0.15, 0.2) is 30.6 Å². The van der Waals surface area contributed by atoms with E-state index in [2.05, 4.69) is 31.7 Å². The molecule has 0 aromatic carbocycles. The zero-order valence-corrected chi connectivity index (χ0v) is 17.6. The summed E-state index contributed by atoms with van der Waals surface area (Å²) in [6, 6.07) is 5.85. The highest BCUT2D eigenvalue weighted by Crippen LogP contribution is 2.46. The van der Waals surface area contributed by atoms with Crippen molar-refractivity contribution < 1.29 is 4.39 Å². The van der Waals surface area contributed by atoms with Crippen molar-refractivity contribution in [2.75, 3.05) is 51.2 Å². The van der Waals surface area contributed by atoms with Gasteiger partial charge in [-0.15, -0.1) is 0 Å². The van der Waals surface area contributed by atoms with Gasteiger partial charge in [-0.3, -0.25) is 9.88 Å². The molecule has 29 heavy (non-hydrogen) atoms. The molecule has 0 radical (unpaired) electrons. The summed E-state index contributed by atoms with van der Waals surface area (Å²) in [4.78, 5) is 16.0. The standard InChI is InChI=1S/C22H27ClFN5/c1-27-14-22(15-27)5-4-17(12-22)28-7-9-29(10-8-28)19-11-16(24)13-26-21(19)20-18(23)3-2-6-25-20/h2-3,6,11,13,17H,4-5,7-10,12,14-15H2,1H3. The Kier molecular flexibility index (Phi) is 4.96. The molecule has 1 atom stereocenters. The van der Waals surface area contributed by atoms with Gasteiger partial charge in [0.1, 0.15) is 17.2 Å². The minimum atomic E-state index is -0.329. The van der Waals surface area contributed by atoms with Gasteiger partial charge in [0.25, 0.3) is 0 Å². The molecular weight excluding hydrogens is 389 g/mol. The second-order valence-corrected chi connectivity index (χ2v) is 9.35. The predicted octanol–water partition coefficient (Wildman–Crippen LogP) is 3.54. The Morgan fingerprint density at radius 3 is 2.66 bits per heavy atom. The van der Waals surface area contributed by atoms with Crippen molar-refractivity contribution in [1.82, 2.24) is 19.8 Å². The number of pyridine rings is 2. The topological polar surface area (TPSA) is 35.5 Å². The number of likely N-dealkylation sites (tertiary alicyclic amines) is 1. The first kappa shape index (κ1) is 19.2. The predicted molar refractivity (Wildman–Crippen MR) is 114 cm³/mol. The third-order valence-corrected chi connectivity index (χ3v) is 7.18. The lowest BCUT2D eigenvalue weighted by Crippen LogP contribution is -2.54. The molecule has 0 N–H and O–H groups in total. The lowest BCUT2D eigenvalue weighted by atomic mass is 9.78. The summed E-state index contributed by atoms with van der Waals surface area (Å²) in [5, 5.41) is 0.535. The van der Waals surface area contributed by atoms with Crippen molar-refractivity contribution in [2.24, 2.45) is 5.41 Å².